The number of hydrogen-bond donors (Lipinski definition) is 2. The Balaban J connectivity index is 1.43. The molecule has 7 nitrogen and oxygen atoms in total. The summed E-state index contributed by atoms with van der Waals surface area (Å²) in [4.78, 5) is 29.0. The third-order valence-electron chi connectivity index (χ3n) is 6.14. The highest BCUT2D eigenvalue weighted by molar-refractivity contribution is 6.01. The van der Waals surface area contributed by atoms with Gasteiger partial charge in [-0.25, -0.2) is 4.79 Å². The Bertz CT molecular complexity index is 1190. The summed E-state index contributed by atoms with van der Waals surface area (Å²) in [6, 6.07) is 20.9. The molecule has 4 rings (SSSR count). The number of rotatable bonds is 8. The second-order valence-electron chi connectivity index (χ2n) is 8.62. The molecule has 0 aromatic heterocycles. The summed E-state index contributed by atoms with van der Waals surface area (Å²) in [5.74, 6) is -0.435. The first-order valence-electron chi connectivity index (χ1n) is 11.9. The van der Waals surface area contributed by atoms with E-state index in [1.807, 2.05) is 62.4 Å². The number of para-hydroxylation sites is 2. The van der Waals surface area contributed by atoms with Gasteiger partial charge in [0.05, 0.1) is 30.0 Å². The van der Waals surface area contributed by atoms with Crippen LogP contribution >= 0.6 is 0 Å². The van der Waals surface area contributed by atoms with Gasteiger partial charge in [-0.15, -0.1) is 0 Å². The third kappa shape index (κ3) is 5.93. The van der Waals surface area contributed by atoms with E-state index in [2.05, 4.69) is 21.2 Å². The maximum Gasteiger partial charge on any atom is 0.337 e. The molecular weight excluding hydrogens is 442 g/mol. The lowest BCUT2D eigenvalue weighted by atomic mass is 10.1. The number of nitrogens with zero attached hydrogens (tertiary/aromatic N) is 2. The van der Waals surface area contributed by atoms with Crippen molar-refractivity contribution in [3.63, 3.8) is 0 Å². The summed E-state index contributed by atoms with van der Waals surface area (Å²) in [6.07, 6.45) is 0.187. The van der Waals surface area contributed by atoms with Crippen molar-refractivity contribution in [2.75, 3.05) is 47.9 Å². The van der Waals surface area contributed by atoms with E-state index in [0.29, 0.717) is 12.3 Å². The van der Waals surface area contributed by atoms with Gasteiger partial charge in [-0.05, 0) is 49.7 Å². The smallest absolute Gasteiger partial charge is 0.337 e. The molecule has 0 unspecified atom stereocenters. The molecule has 1 aliphatic heterocycles. The molecule has 35 heavy (non-hydrogen) atoms. The summed E-state index contributed by atoms with van der Waals surface area (Å²) in [6.45, 7) is 7.66. The van der Waals surface area contributed by atoms with Gasteiger partial charge in [0.25, 0.3) is 0 Å². The molecule has 1 aliphatic rings. The van der Waals surface area contributed by atoms with Crippen LogP contribution in [0.1, 0.15) is 28.4 Å². The first-order chi connectivity index (χ1) is 16.9. The van der Waals surface area contributed by atoms with Crippen LogP contribution in [-0.4, -0.2) is 49.8 Å². The summed E-state index contributed by atoms with van der Waals surface area (Å²) in [5, 5.41) is 12.6. The maximum absolute atomic E-state index is 12.5. The predicted octanol–water partition coefficient (Wildman–Crippen LogP) is 4.60. The average molecular weight is 474 g/mol. The van der Waals surface area contributed by atoms with E-state index in [-0.39, 0.29) is 17.9 Å². The molecule has 0 spiro atoms. The van der Waals surface area contributed by atoms with Crippen LogP contribution in [0.15, 0.2) is 66.7 Å². The molecule has 3 aromatic rings. The van der Waals surface area contributed by atoms with E-state index >= 15 is 0 Å². The number of ether oxygens (including phenoxy) is 1. The van der Waals surface area contributed by atoms with Crippen LogP contribution in [0, 0.1) is 6.92 Å². The van der Waals surface area contributed by atoms with Gasteiger partial charge < -0.3 is 25.0 Å². The second kappa shape index (κ2) is 11.0. The van der Waals surface area contributed by atoms with Crippen LogP contribution in [0.5, 0.6) is 5.75 Å². The van der Waals surface area contributed by atoms with Crippen molar-refractivity contribution >= 4 is 28.9 Å². The van der Waals surface area contributed by atoms with E-state index < -0.39 is 5.97 Å². The third-order valence-corrected chi connectivity index (χ3v) is 6.14. The molecule has 7 heteroatoms. The topological polar surface area (TPSA) is 82.1 Å². The van der Waals surface area contributed by atoms with Gasteiger partial charge in [-0.1, -0.05) is 42.0 Å². The molecule has 1 amide bonds. The molecule has 0 atom stereocenters. The van der Waals surface area contributed by atoms with Crippen LogP contribution in [0.4, 0.5) is 17.1 Å². The fraction of sp³-hybridized carbons (Fsp3) is 0.286. The van der Waals surface area contributed by atoms with Gasteiger partial charge in [0.15, 0.2) is 0 Å². The van der Waals surface area contributed by atoms with Crippen molar-refractivity contribution in [3.8, 4) is 5.75 Å². The first kappa shape index (κ1) is 24.1. The number of amides is 1. The van der Waals surface area contributed by atoms with Gasteiger partial charge in [0.2, 0.25) is 5.91 Å². The van der Waals surface area contributed by atoms with Crippen molar-refractivity contribution in [1.29, 1.82) is 0 Å². The monoisotopic (exact) mass is 473 g/mol. The van der Waals surface area contributed by atoms with Crippen molar-refractivity contribution in [2.45, 2.75) is 20.3 Å². The number of benzene rings is 3. The highest BCUT2D eigenvalue weighted by Crippen LogP contribution is 2.30. The average Bonchev–Trinajstić information content (AvgIpc) is 2.86. The highest BCUT2D eigenvalue weighted by Gasteiger charge is 2.22. The molecule has 3 aromatic carbocycles. The van der Waals surface area contributed by atoms with Crippen molar-refractivity contribution in [3.05, 3.63) is 83.4 Å². The molecule has 0 aliphatic carbocycles. The van der Waals surface area contributed by atoms with Gasteiger partial charge in [0.1, 0.15) is 5.75 Å². The fourth-order valence-electron chi connectivity index (χ4n) is 4.30. The number of anilines is 3. The van der Waals surface area contributed by atoms with Gasteiger partial charge in [0, 0.05) is 31.9 Å². The lowest BCUT2D eigenvalue weighted by Gasteiger charge is -2.38. The Kier molecular flexibility index (Phi) is 7.55. The molecule has 2 N–H and O–H groups in total. The minimum Gasteiger partial charge on any atom is -0.492 e. The highest BCUT2D eigenvalue weighted by atomic mass is 16.5. The molecule has 0 bridgehead atoms. The number of carbonyl (C=O) groups is 2. The SMILES string of the molecule is CCOc1ccccc1N1CCN(c2ccc(NC(=O)Cc3ccc(C)cc3)c(C(=O)O)c2)CC1. The Morgan fingerprint density at radius 3 is 2.31 bits per heavy atom. The molecule has 1 saturated heterocycles. The van der Waals surface area contributed by atoms with Crippen LogP contribution in [0.2, 0.25) is 0 Å². The van der Waals surface area contributed by atoms with Gasteiger partial charge >= 0.3 is 5.97 Å². The number of hydrogen-bond acceptors (Lipinski definition) is 5. The minimum absolute atomic E-state index is 0.0869. The largest absolute Gasteiger partial charge is 0.492 e. The van der Waals surface area contributed by atoms with Crippen LogP contribution < -0.4 is 19.9 Å². The van der Waals surface area contributed by atoms with Crippen molar-refractivity contribution < 1.29 is 19.4 Å². The zero-order valence-electron chi connectivity index (χ0n) is 20.2. The zero-order chi connectivity index (χ0) is 24.8. The summed E-state index contributed by atoms with van der Waals surface area (Å²) < 4.78 is 5.78. The standard InChI is InChI=1S/C28H31N3O4/c1-3-35-26-7-5-4-6-25(26)31-16-14-30(15-17-31)22-12-13-24(23(19-22)28(33)34)29-27(32)18-21-10-8-20(2)9-11-21/h4-13,19H,3,14-18H2,1-2H3,(H,29,32)(H,33,34). The zero-order valence-corrected chi connectivity index (χ0v) is 20.2. The number of nitrogens with one attached hydrogen (secondary N) is 1. The van der Waals surface area contributed by atoms with E-state index in [1.165, 1.54) is 0 Å². The van der Waals surface area contributed by atoms with Crippen LogP contribution in [-0.2, 0) is 11.2 Å². The number of carboxylic acid groups (broad SMARTS) is 1. The Morgan fingerprint density at radius 1 is 0.943 bits per heavy atom. The fourth-order valence-corrected chi connectivity index (χ4v) is 4.30. The molecular formula is C28H31N3O4. The number of aryl methyl sites for hydroxylation is 1. The van der Waals surface area contributed by atoms with Crippen LogP contribution in [0.3, 0.4) is 0 Å². The van der Waals surface area contributed by atoms with Crippen molar-refractivity contribution in [1.82, 2.24) is 0 Å². The van der Waals surface area contributed by atoms with E-state index in [0.717, 1.165) is 54.4 Å². The number of aromatic carboxylic acids is 1. The Hall–Kier alpha value is -4.00. The lowest BCUT2D eigenvalue weighted by Crippen LogP contribution is -2.46. The Morgan fingerprint density at radius 2 is 1.63 bits per heavy atom. The normalized spacial score (nSPS) is 13.4. The maximum atomic E-state index is 12.5. The summed E-state index contributed by atoms with van der Waals surface area (Å²) in [7, 11) is 0. The minimum atomic E-state index is -1.07. The molecule has 1 fully saturated rings. The van der Waals surface area contributed by atoms with Gasteiger partial charge in [-0.2, -0.15) is 0 Å². The van der Waals surface area contributed by atoms with Gasteiger partial charge in [-0.3, -0.25) is 4.79 Å². The van der Waals surface area contributed by atoms with E-state index in [4.69, 9.17) is 4.74 Å². The number of piperazine rings is 1. The lowest BCUT2D eigenvalue weighted by molar-refractivity contribution is -0.115. The second-order valence-corrected chi connectivity index (χ2v) is 8.62. The number of carbonyl (C=O) groups excluding carboxylic acids is 1. The molecule has 182 valence electrons. The van der Waals surface area contributed by atoms with E-state index in [1.54, 1.807) is 12.1 Å². The van der Waals surface area contributed by atoms with Crippen molar-refractivity contribution in [2.24, 2.45) is 0 Å². The van der Waals surface area contributed by atoms with E-state index in [9.17, 15) is 14.7 Å². The molecule has 0 radical (unpaired) electrons. The molecule has 0 saturated carbocycles. The Labute approximate surface area is 205 Å². The first-order valence-corrected chi connectivity index (χ1v) is 11.9. The summed E-state index contributed by atoms with van der Waals surface area (Å²) >= 11 is 0. The molecule has 1 heterocycles. The summed E-state index contributed by atoms with van der Waals surface area (Å²) in [5.41, 5.74) is 4.30. The quantitative estimate of drug-likeness (QED) is 0.498. The predicted molar refractivity (Wildman–Crippen MR) is 139 cm³/mol. The number of carboxylic acids is 1. The van der Waals surface area contributed by atoms with Crippen LogP contribution in [0.25, 0.3) is 0 Å².